The number of nitrogens with zero attached hydrogens (tertiary/aromatic N) is 2. The fourth-order valence-electron chi connectivity index (χ4n) is 0.922. The molecular formula is C8H14N4S. The number of nitrogen functional groups attached to an aromatic ring is 1. The second kappa shape index (κ2) is 4.43. The number of hydrogen-bond donors (Lipinski definition) is 2. The first-order chi connectivity index (χ1) is 6.15. The molecule has 1 rings (SSSR count). The van der Waals surface area contributed by atoms with Crippen molar-refractivity contribution in [1.29, 1.82) is 0 Å². The van der Waals surface area contributed by atoms with E-state index in [-0.39, 0.29) is 0 Å². The molecule has 5 heteroatoms. The lowest BCUT2D eigenvalue weighted by atomic mass is 10.3. The maximum atomic E-state index is 5.30. The van der Waals surface area contributed by atoms with E-state index in [1.807, 2.05) is 6.92 Å². The summed E-state index contributed by atoms with van der Waals surface area (Å²) in [4.78, 5) is 8.19. The highest BCUT2D eigenvalue weighted by Crippen LogP contribution is 2.26. The van der Waals surface area contributed by atoms with E-state index in [9.17, 15) is 0 Å². The van der Waals surface area contributed by atoms with Gasteiger partial charge in [-0.25, -0.2) is 15.8 Å². The summed E-state index contributed by atoms with van der Waals surface area (Å²) < 4.78 is 0. The number of anilines is 1. The number of rotatable bonds is 3. The number of aromatic nitrogens is 2. The number of nitrogens with two attached hydrogens (primary N) is 1. The fraction of sp³-hybridized carbons (Fsp3) is 0.500. The van der Waals surface area contributed by atoms with Crippen molar-refractivity contribution in [2.24, 2.45) is 5.84 Å². The Morgan fingerprint density at radius 1 is 1.46 bits per heavy atom. The molecule has 0 bridgehead atoms. The van der Waals surface area contributed by atoms with E-state index in [1.54, 1.807) is 11.8 Å². The van der Waals surface area contributed by atoms with Crippen LogP contribution < -0.4 is 11.3 Å². The lowest BCUT2D eigenvalue weighted by Gasteiger charge is -2.09. The van der Waals surface area contributed by atoms with Gasteiger partial charge in [0.05, 0.1) is 0 Å². The molecule has 0 aliphatic rings. The average Bonchev–Trinajstić information content (AvgIpc) is 2.08. The van der Waals surface area contributed by atoms with Gasteiger partial charge in [0.2, 0.25) is 0 Å². The molecular weight excluding hydrogens is 184 g/mol. The third-order valence-electron chi connectivity index (χ3n) is 1.52. The second-order valence-electron chi connectivity index (χ2n) is 2.96. The number of hydrogen-bond acceptors (Lipinski definition) is 5. The van der Waals surface area contributed by atoms with Gasteiger partial charge in [-0.05, 0) is 6.92 Å². The largest absolute Gasteiger partial charge is 0.308 e. The molecule has 0 saturated carbocycles. The Bertz CT molecular complexity index is 287. The summed E-state index contributed by atoms with van der Waals surface area (Å²) in [7, 11) is 0. The Hall–Kier alpha value is -0.810. The number of thioether (sulfide) groups is 1. The second-order valence-corrected chi connectivity index (χ2v) is 4.53. The van der Waals surface area contributed by atoms with Gasteiger partial charge in [-0.3, -0.25) is 0 Å². The van der Waals surface area contributed by atoms with Crippen LogP contribution in [0.4, 0.5) is 5.82 Å². The van der Waals surface area contributed by atoms with Gasteiger partial charge in [-0.15, -0.1) is 11.8 Å². The monoisotopic (exact) mass is 198 g/mol. The smallest absolute Gasteiger partial charge is 0.147 e. The highest BCUT2D eigenvalue weighted by atomic mass is 32.2. The lowest BCUT2D eigenvalue weighted by Crippen LogP contribution is -2.11. The summed E-state index contributed by atoms with van der Waals surface area (Å²) in [5.41, 5.74) is 3.55. The van der Waals surface area contributed by atoms with Gasteiger partial charge in [0.15, 0.2) is 0 Å². The Balaban J connectivity index is 2.94. The molecule has 0 aromatic carbocycles. The van der Waals surface area contributed by atoms with Gasteiger partial charge in [0.25, 0.3) is 0 Å². The maximum absolute atomic E-state index is 5.30. The van der Waals surface area contributed by atoms with Crippen molar-refractivity contribution < 1.29 is 0 Å². The van der Waals surface area contributed by atoms with Crippen LogP contribution in [0.1, 0.15) is 19.4 Å². The van der Waals surface area contributed by atoms with Crippen LogP contribution in [0.25, 0.3) is 0 Å². The summed E-state index contributed by atoms with van der Waals surface area (Å²) >= 11 is 1.71. The zero-order valence-corrected chi connectivity index (χ0v) is 8.85. The molecule has 1 aromatic heterocycles. The molecule has 3 N–H and O–H groups in total. The first-order valence-corrected chi connectivity index (χ1v) is 4.98. The number of nitrogens with one attached hydrogen (secondary N) is 1. The minimum absolute atomic E-state index is 0.513. The summed E-state index contributed by atoms with van der Waals surface area (Å²) in [5.74, 6) is 5.99. The van der Waals surface area contributed by atoms with Gasteiger partial charge in [0, 0.05) is 10.8 Å². The quantitative estimate of drug-likeness (QED) is 0.334. The van der Waals surface area contributed by atoms with Gasteiger partial charge in [-0.2, -0.15) is 0 Å². The van der Waals surface area contributed by atoms with E-state index in [0.29, 0.717) is 11.1 Å². The molecule has 0 atom stereocenters. The zero-order valence-electron chi connectivity index (χ0n) is 8.03. The standard InChI is InChI=1S/C8H14N4S/c1-5(2)13-8-6(3)7(12-9)10-4-11-8/h4-5H,9H2,1-3H3,(H,10,11,12). The SMILES string of the molecule is Cc1c(NN)ncnc1SC(C)C. The van der Waals surface area contributed by atoms with Crippen molar-refractivity contribution in [2.45, 2.75) is 31.0 Å². The molecule has 1 aromatic rings. The first kappa shape index (κ1) is 10.3. The van der Waals surface area contributed by atoms with Crippen molar-refractivity contribution in [1.82, 2.24) is 9.97 Å². The molecule has 0 spiro atoms. The summed E-state index contributed by atoms with van der Waals surface area (Å²) in [5, 5.41) is 1.50. The molecule has 0 aliphatic heterocycles. The van der Waals surface area contributed by atoms with Crippen molar-refractivity contribution in [3.8, 4) is 0 Å². The fourth-order valence-corrected chi connectivity index (χ4v) is 1.75. The van der Waals surface area contributed by atoms with Crippen LogP contribution in [0.3, 0.4) is 0 Å². The maximum Gasteiger partial charge on any atom is 0.147 e. The van der Waals surface area contributed by atoms with Crippen LogP contribution in [-0.2, 0) is 0 Å². The summed E-state index contributed by atoms with van der Waals surface area (Å²) in [6.45, 7) is 6.21. The van der Waals surface area contributed by atoms with E-state index in [4.69, 9.17) is 5.84 Å². The van der Waals surface area contributed by atoms with E-state index >= 15 is 0 Å². The Morgan fingerprint density at radius 2 is 2.15 bits per heavy atom. The Morgan fingerprint density at radius 3 is 2.69 bits per heavy atom. The van der Waals surface area contributed by atoms with Crippen molar-refractivity contribution in [3.05, 3.63) is 11.9 Å². The molecule has 0 aliphatic carbocycles. The van der Waals surface area contributed by atoms with E-state index in [1.165, 1.54) is 6.33 Å². The molecule has 72 valence electrons. The third-order valence-corrected chi connectivity index (χ3v) is 2.63. The van der Waals surface area contributed by atoms with Crippen LogP contribution >= 0.6 is 11.8 Å². The van der Waals surface area contributed by atoms with Gasteiger partial charge in [-0.1, -0.05) is 13.8 Å². The highest BCUT2D eigenvalue weighted by molar-refractivity contribution is 7.99. The average molecular weight is 198 g/mol. The predicted octanol–water partition coefficient (Wildman–Crippen LogP) is 1.57. The Labute approximate surface area is 82.3 Å². The van der Waals surface area contributed by atoms with Gasteiger partial charge in [0.1, 0.15) is 17.2 Å². The minimum Gasteiger partial charge on any atom is -0.308 e. The molecule has 0 fully saturated rings. The predicted molar refractivity (Wildman–Crippen MR) is 55.6 cm³/mol. The highest BCUT2D eigenvalue weighted by Gasteiger charge is 2.07. The van der Waals surface area contributed by atoms with Crippen LogP contribution in [0.5, 0.6) is 0 Å². The normalized spacial score (nSPS) is 10.5. The molecule has 13 heavy (non-hydrogen) atoms. The molecule has 0 radical (unpaired) electrons. The molecule has 0 amide bonds. The minimum atomic E-state index is 0.513. The first-order valence-electron chi connectivity index (χ1n) is 4.10. The zero-order chi connectivity index (χ0) is 9.84. The Kier molecular flexibility index (Phi) is 3.50. The van der Waals surface area contributed by atoms with E-state index in [2.05, 4.69) is 29.2 Å². The molecule has 0 saturated heterocycles. The van der Waals surface area contributed by atoms with Crippen molar-refractivity contribution >= 4 is 17.6 Å². The van der Waals surface area contributed by atoms with E-state index in [0.717, 1.165) is 10.6 Å². The number of hydrazine groups is 1. The summed E-state index contributed by atoms with van der Waals surface area (Å²) in [6.07, 6.45) is 1.52. The van der Waals surface area contributed by atoms with Crippen molar-refractivity contribution in [3.63, 3.8) is 0 Å². The molecule has 4 nitrogen and oxygen atoms in total. The molecule has 0 unspecified atom stereocenters. The van der Waals surface area contributed by atoms with Crippen LogP contribution in [-0.4, -0.2) is 15.2 Å². The molecule has 1 heterocycles. The van der Waals surface area contributed by atoms with Crippen molar-refractivity contribution in [2.75, 3.05) is 5.43 Å². The van der Waals surface area contributed by atoms with Crippen LogP contribution in [0.15, 0.2) is 11.4 Å². The third kappa shape index (κ3) is 2.57. The topological polar surface area (TPSA) is 63.8 Å². The van der Waals surface area contributed by atoms with Gasteiger partial charge >= 0.3 is 0 Å². The van der Waals surface area contributed by atoms with Crippen LogP contribution in [0.2, 0.25) is 0 Å². The van der Waals surface area contributed by atoms with Crippen LogP contribution in [0, 0.1) is 6.92 Å². The van der Waals surface area contributed by atoms with E-state index < -0.39 is 0 Å². The lowest BCUT2D eigenvalue weighted by molar-refractivity contribution is 0.985. The van der Waals surface area contributed by atoms with Gasteiger partial charge < -0.3 is 5.43 Å². The summed E-state index contributed by atoms with van der Waals surface area (Å²) in [6, 6.07) is 0.